The van der Waals surface area contributed by atoms with Gasteiger partial charge in [-0.2, -0.15) is 10.2 Å². The number of aryl methyl sites for hydroxylation is 1. The Bertz CT molecular complexity index is 1750. The van der Waals surface area contributed by atoms with Gasteiger partial charge in [0.1, 0.15) is 22.9 Å². The highest BCUT2D eigenvalue weighted by Gasteiger charge is 2.28. The van der Waals surface area contributed by atoms with E-state index in [2.05, 4.69) is 19.9 Å². The number of amides is 1. The number of rotatable bonds is 6. The first-order valence-corrected chi connectivity index (χ1v) is 15.4. The second kappa shape index (κ2) is 10.9. The van der Waals surface area contributed by atoms with Crippen LogP contribution in [0, 0.1) is 5.82 Å². The third-order valence-corrected chi connectivity index (χ3v) is 8.47. The lowest BCUT2D eigenvalue weighted by atomic mass is 10.0. The summed E-state index contributed by atoms with van der Waals surface area (Å²) in [6.45, 7) is 8.18. The summed E-state index contributed by atoms with van der Waals surface area (Å²) in [5.74, 6) is -0.675. The van der Waals surface area contributed by atoms with Gasteiger partial charge in [-0.3, -0.25) is 14.1 Å². The maximum absolute atomic E-state index is 14.9. The molecule has 4 aromatic rings. The molecule has 1 fully saturated rings. The summed E-state index contributed by atoms with van der Waals surface area (Å²) in [7, 11) is -1.87. The number of nitrogens with zero attached hydrogens (tertiary/aromatic N) is 6. The van der Waals surface area contributed by atoms with E-state index in [-0.39, 0.29) is 29.4 Å². The Labute approximate surface area is 243 Å². The Morgan fingerprint density at radius 2 is 1.90 bits per heavy atom. The minimum absolute atomic E-state index is 0.114. The zero-order valence-electron chi connectivity index (χ0n) is 24.3. The molecule has 3 aromatic heterocycles. The first-order valence-electron chi connectivity index (χ1n) is 13.7. The number of carbonyl (C=O) groups excluding carboxylic acids is 1. The number of nitrogens with two attached hydrogens (primary N) is 1. The predicted octanol–water partition coefficient (Wildman–Crippen LogP) is 4.55. The lowest BCUT2D eigenvalue weighted by Crippen LogP contribution is -2.42. The van der Waals surface area contributed by atoms with Gasteiger partial charge < -0.3 is 15.4 Å². The van der Waals surface area contributed by atoms with Crippen molar-refractivity contribution in [1.82, 2.24) is 29.4 Å². The van der Waals surface area contributed by atoms with E-state index in [0.717, 1.165) is 24.0 Å². The van der Waals surface area contributed by atoms with E-state index < -0.39 is 21.4 Å². The Hall–Kier alpha value is -4.20. The Morgan fingerprint density at radius 1 is 1.19 bits per heavy atom. The van der Waals surface area contributed by atoms with Crippen molar-refractivity contribution in [2.24, 2.45) is 7.05 Å². The summed E-state index contributed by atoms with van der Waals surface area (Å²) in [6, 6.07) is 4.29. The fraction of sp³-hybridized carbons (Fsp3) is 0.429. The van der Waals surface area contributed by atoms with Crippen LogP contribution in [0.25, 0.3) is 33.3 Å². The number of halogens is 1. The van der Waals surface area contributed by atoms with Crippen LogP contribution in [0.15, 0.2) is 36.8 Å². The second-order valence-corrected chi connectivity index (χ2v) is 13.4. The van der Waals surface area contributed by atoms with Crippen molar-refractivity contribution in [3.05, 3.63) is 42.6 Å². The molecular formula is C28H35FN8O4S. The number of pyridine rings is 1. The first kappa shape index (κ1) is 29.3. The van der Waals surface area contributed by atoms with Crippen LogP contribution < -0.4 is 10.5 Å². The van der Waals surface area contributed by atoms with Crippen LogP contribution in [0.1, 0.15) is 46.6 Å². The van der Waals surface area contributed by atoms with E-state index in [1.54, 1.807) is 35.1 Å². The van der Waals surface area contributed by atoms with Crippen molar-refractivity contribution in [2.75, 3.05) is 29.3 Å². The third-order valence-electron chi connectivity index (χ3n) is 7.18. The van der Waals surface area contributed by atoms with E-state index in [4.69, 9.17) is 10.5 Å². The van der Waals surface area contributed by atoms with Crippen molar-refractivity contribution in [3.8, 4) is 22.4 Å². The van der Waals surface area contributed by atoms with Gasteiger partial charge in [-0.1, -0.05) is 6.07 Å². The Morgan fingerprint density at radius 3 is 2.55 bits per heavy atom. The average molecular weight is 599 g/mol. The van der Waals surface area contributed by atoms with Gasteiger partial charge in [0.2, 0.25) is 10.0 Å². The Balaban J connectivity index is 1.42. The molecular weight excluding hydrogens is 563 g/mol. The fourth-order valence-electron chi connectivity index (χ4n) is 5.05. The number of anilines is 2. The minimum Gasteiger partial charge on any atom is -0.444 e. The molecule has 1 aromatic carbocycles. The molecule has 1 aliphatic heterocycles. The Kier molecular flexibility index (Phi) is 7.60. The van der Waals surface area contributed by atoms with Crippen molar-refractivity contribution >= 4 is 38.5 Å². The van der Waals surface area contributed by atoms with Gasteiger partial charge >= 0.3 is 6.09 Å². The molecule has 0 saturated carbocycles. The fourth-order valence-corrected chi connectivity index (χ4v) is 5.69. The van der Waals surface area contributed by atoms with Gasteiger partial charge in [0, 0.05) is 49.2 Å². The topological polar surface area (TPSA) is 150 Å². The van der Waals surface area contributed by atoms with E-state index in [1.165, 1.54) is 19.1 Å². The van der Waals surface area contributed by atoms with Crippen molar-refractivity contribution in [1.29, 1.82) is 0 Å². The normalized spacial score (nSPS) is 14.9. The molecule has 0 spiro atoms. The molecule has 0 aliphatic carbocycles. The highest BCUT2D eigenvalue weighted by Crippen LogP contribution is 2.38. The molecule has 42 heavy (non-hydrogen) atoms. The highest BCUT2D eigenvalue weighted by molar-refractivity contribution is 7.92. The number of sulfonamides is 1. The molecule has 12 nitrogen and oxygen atoms in total. The maximum Gasteiger partial charge on any atom is 0.410 e. The van der Waals surface area contributed by atoms with Crippen molar-refractivity contribution in [3.63, 3.8) is 0 Å². The third kappa shape index (κ3) is 5.89. The predicted molar refractivity (Wildman–Crippen MR) is 159 cm³/mol. The van der Waals surface area contributed by atoms with Crippen LogP contribution in [-0.2, 0) is 21.8 Å². The average Bonchev–Trinajstić information content (AvgIpc) is 3.55. The highest BCUT2D eigenvalue weighted by atomic mass is 32.2. The number of ether oxygens (including phenoxy) is 1. The molecule has 3 N–H and O–H groups in total. The summed E-state index contributed by atoms with van der Waals surface area (Å²) in [4.78, 5) is 18.6. The van der Waals surface area contributed by atoms with Crippen LogP contribution in [-0.4, -0.2) is 68.4 Å². The van der Waals surface area contributed by atoms with Gasteiger partial charge in [-0.05, 0) is 52.7 Å². The number of aromatic nitrogens is 5. The zero-order chi connectivity index (χ0) is 30.4. The number of piperidine rings is 1. The van der Waals surface area contributed by atoms with Gasteiger partial charge in [-0.25, -0.2) is 22.6 Å². The van der Waals surface area contributed by atoms with Crippen LogP contribution in [0.3, 0.4) is 0 Å². The van der Waals surface area contributed by atoms with Crippen LogP contribution in [0.4, 0.5) is 20.7 Å². The van der Waals surface area contributed by atoms with Gasteiger partial charge in [0.15, 0.2) is 0 Å². The summed E-state index contributed by atoms with van der Waals surface area (Å²) < 4.78 is 50.1. The number of nitrogens with one attached hydrogen (secondary N) is 1. The molecule has 14 heteroatoms. The van der Waals surface area contributed by atoms with E-state index >= 15 is 0 Å². The number of carbonyl (C=O) groups is 1. The molecule has 224 valence electrons. The molecule has 0 bridgehead atoms. The van der Waals surface area contributed by atoms with Crippen molar-refractivity contribution < 1.29 is 22.3 Å². The monoisotopic (exact) mass is 598 g/mol. The van der Waals surface area contributed by atoms with Gasteiger partial charge in [0.25, 0.3) is 0 Å². The van der Waals surface area contributed by atoms with E-state index in [1.807, 2.05) is 31.6 Å². The SMILES string of the molecule is CCS(=O)(=O)Nc1ccc(-c2nn(C)c3c(-c4cnn(C5CCN(C(=O)OC(C)(C)C)CC5)c4)cnc(N)c23)cc1F. The van der Waals surface area contributed by atoms with Crippen LogP contribution >= 0.6 is 0 Å². The molecule has 0 atom stereocenters. The summed E-state index contributed by atoms with van der Waals surface area (Å²) in [5.41, 5.74) is 8.74. The number of benzene rings is 1. The largest absolute Gasteiger partial charge is 0.444 e. The van der Waals surface area contributed by atoms with Gasteiger partial charge in [0.05, 0.1) is 34.6 Å². The van der Waals surface area contributed by atoms with Gasteiger partial charge in [-0.15, -0.1) is 0 Å². The summed E-state index contributed by atoms with van der Waals surface area (Å²) in [6.07, 6.45) is 6.54. The number of nitrogen functional groups attached to an aromatic ring is 1. The lowest BCUT2D eigenvalue weighted by molar-refractivity contribution is 0.0184. The van der Waals surface area contributed by atoms with E-state index in [9.17, 15) is 17.6 Å². The first-order chi connectivity index (χ1) is 19.8. The number of hydrogen-bond acceptors (Lipinski definition) is 8. The lowest BCUT2D eigenvalue weighted by Gasteiger charge is -2.33. The standard InChI is InChI=1S/C28H35FN8O4S/c1-6-42(39,40)34-22-8-7-17(13-21(22)29)24-23-25(35(5)33-24)20(15-31-26(23)30)18-14-32-37(16-18)19-9-11-36(12-10-19)27(38)41-28(2,3)4/h7-8,13-16,19,34H,6,9-12H2,1-5H3,(H2,30,31). The molecule has 0 unspecified atom stereocenters. The van der Waals surface area contributed by atoms with Crippen molar-refractivity contribution in [2.45, 2.75) is 52.2 Å². The molecule has 1 amide bonds. The van der Waals surface area contributed by atoms with E-state index in [0.29, 0.717) is 35.2 Å². The van der Waals surface area contributed by atoms with Crippen LogP contribution in [0.5, 0.6) is 0 Å². The molecule has 4 heterocycles. The minimum atomic E-state index is -3.64. The second-order valence-electron chi connectivity index (χ2n) is 11.4. The molecule has 1 saturated heterocycles. The number of fused-ring (bicyclic) bond motifs is 1. The van der Waals surface area contributed by atoms with Crippen LogP contribution in [0.2, 0.25) is 0 Å². The zero-order valence-corrected chi connectivity index (χ0v) is 25.1. The molecule has 5 rings (SSSR count). The number of hydrogen-bond donors (Lipinski definition) is 2. The smallest absolute Gasteiger partial charge is 0.410 e. The number of likely N-dealkylation sites (tertiary alicyclic amines) is 1. The maximum atomic E-state index is 14.9. The molecule has 0 radical (unpaired) electrons. The summed E-state index contributed by atoms with van der Waals surface area (Å²) >= 11 is 0. The summed E-state index contributed by atoms with van der Waals surface area (Å²) in [5, 5.41) is 9.80. The molecule has 1 aliphatic rings. The quantitative estimate of drug-likeness (QED) is 0.328.